The molecule has 1 atom stereocenters. The number of nitrogens with zero attached hydrogens (tertiary/aromatic N) is 3. The van der Waals surface area contributed by atoms with Crippen LogP contribution in [0.25, 0.3) is 0 Å². The Labute approximate surface area is 119 Å². The highest BCUT2D eigenvalue weighted by Crippen LogP contribution is 2.23. The number of aromatic nitrogens is 1. The van der Waals surface area contributed by atoms with E-state index >= 15 is 0 Å². The number of hydrogen-bond acceptors (Lipinski definition) is 4. The zero-order valence-corrected chi connectivity index (χ0v) is 12.1. The van der Waals surface area contributed by atoms with Gasteiger partial charge in [0.05, 0.1) is 18.2 Å². The van der Waals surface area contributed by atoms with Gasteiger partial charge in [-0.25, -0.2) is 4.98 Å². The first kappa shape index (κ1) is 14.3. The van der Waals surface area contributed by atoms with Crippen molar-refractivity contribution in [2.24, 2.45) is 5.41 Å². The molecule has 1 unspecified atom stereocenters. The van der Waals surface area contributed by atoms with Crippen molar-refractivity contribution >= 4 is 5.91 Å². The van der Waals surface area contributed by atoms with Gasteiger partial charge in [0.1, 0.15) is 6.10 Å². The normalized spacial score (nSPS) is 18.7. The van der Waals surface area contributed by atoms with E-state index < -0.39 is 0 Å². The molecule has 5 heteroatoms. The van der Waals surface area contributed by atoms with E-state index in [0.717, 1.165) is 6.42 Å². The van der Waals surface area contributed by atoms with Crippen LogP contribution in [0.1, 0.15) is 32.8 Å². The average Bonchev–Trinajstić information content (AvgIpc) is 2.85. The SMILES string of the molecule is CC(C)(C)C(=O)N1CCC(Oc2cc(C#N)ccn2)C1. The number of rotatable bonds is 2. The number of likely N-dealkylation sites (tertiary alicyclic amines) is 1. The fourth-order valence-corrected chi connectivity index (χ4v) is 2.20. The molecule has 0 spiro atoms. The van der Waals surface area contributed by atoms with Gasteiger partial charge >= 0.3 is 0 Å². The predicted octanol–water partition coefficient (Wildman–Crippen LogP) is 1.98. The van der Waals surface area contributed by atoms with Gasteiger partial charge in [0.2, 0.25) is 11.8 Å². The summed E-state index contributed by atoms with van der Waals surface area (Å²) in [6.45, 7) is 7.04. The Balaban J connectivity index is 1.97. The zero-order chi connectivity index (χ0) is 14.8. The molecule has 2 heterocycles. The highest BCUT2D eigenvalue weighted by atomic mass is 16.5. The smallest absolute Gasteiger partial charge is 0.228 e. The second kappa shape index (κ2) is 5.49. The molecule has 0 radical (unpaired) electrons. The van der Waals surface area contributed by atoms with Crippen molar-refractivity contribution in [3.8, 4) is 11.9 Å². The van der Waals surface area contributed by atoms with Crippen molar-refractivity contribution in [3.63, 3.8) is 0 Å². The van der Waals surface area contributed by atoms with Crippen LogP contribution in [0.4, 0.5) is 0 Å². The first-order chi connectivity index (χ1) is 9.40. The van der Waals surface area contributed by atoms with Crippen LogP contribution in [0.3, 0.4) is 0 Å². The molecule has 1 aliphatic rings. The van der Waals surface area contributed by atoms with Gasteiger partial charge in [-0.2, -0.15) is 5.26 Å². The molecule has 5 nitrogen and oxygen atoms in total. The number of ether oxygens (including phenoxy) is 1. The van der Waals surface area contributed by atoms with Crippen LogP contribution in [0.2, 0.25) is 0 Å². The van der Waals surface area contributed by atoms with Crippen molar-refractivity contribution in [2.45, 2.75) is 33.3 Å². The molecule has 20 heavy (non-hydrogen) atoms. The molecule has 106 valence electrons. The lowest BCUT2D eigenvalue weighted by Crippen LogP contribution is -2.38. The molecule has 0 aliphatic carbocycles. The minimum absolute atomic E-state index is 0.0530. The summed E-state index contributed by atoms with van der Waals surface area (Å²) in [6.07, 6.45) is 2.30. The van der Waals surface area contributed by atoms with Crippen molar-refractivity contribution in [2.75, 3.05) is 13.1 Å². The highest BCUT2D eigenvalue weighted by molar-refractivity contribution is 5.81. The summed E-state index contributed by atoms with van der Waals surface area (Å²) in [5, 5.41) is 8.84. The lowest BCUT2D eigenvalue weighted by Gasteiger charge is -2.25. The van der Waals surface area contributed by atoms with E-state index in [9.17, 15) is 4.79 Å². The van der Waals surface area contributed by atoms with Crippen LogP contribution >= 0.6 is 0 Å². The number of pyridine rings is 1. The molecule has 1 aromatic rings. The number of hydrogen-bond donors (Lipinski definition) is 0. The van der Waals surface area contributed by atoms with E-state index in [4.69, 9.17) is 10.00 Å². The number of carbonyl (C=O) groups excluding carboxylic acids is 1. The molecule has 2 rings (SSSR count). The minimum Gasteiger partial charge on any atom is -0.472 e. The maximum Gasteiger partial charge on any atom is 0.228 e. The lowest BCUT2D eigenvalue weighted by atomic mass is 9.95. The van der Waals surface area contributed by atoms with Crippen molar-refractivity contribution in [1.29, 1.82) is 5.26 Å². The third-order valence-electron chi connectivity index (χ3n) is 3.23. The Bertz CT molecular complexity index is 543. The van der Waals surface area contributed by atoms with Gasteiger partial charge in [0.15, 0.2) is 0 Å². The molecule has 0 aromatic carbocycles. The Kier molecular flexibility index (Phi) is 3.93. The first-order valence-corrected chi connectivity index (χ1v) is 6.72. The lowest BCUT2D eigenvalue weighted by molar-refractivity contribution is -0.138. The van der Waals surface area contributed by atoms with Gasteiger partial charge in [-0.1, -0.05) is 20.8 Å². The summed E-state index contributed by atoms with van der Waals surface area (Å²) in [4.78, 5) is 18.1. The predicted molar refractivity (Wildman–Crippen MR) is 74.0 cm³/mol. The number of nitriles is 1. The summed E-state index contributed by atoms with van der Waals surface area (Å²) in [5.74, 6) is 0.585. The van der Waals surface area contributed by atoms with Crippen molar-refractivity contribution in [1.82, 2.24) is 9.88 Å². The van der Waals surface area contributed by atoms with Gasteiger partial charge in [-0.15, -0.1) is 0 Å². The number of amides is 1. The molecule has 1 fully saturated rings. The summed E-state index contributed by atoms with van der Waals surface area (Å²) < 4.78 is 5.75. The van der Waals surface area contributed by atoms with Crippen molar-refractivity contribution < 1.29 is 9.53 Å². The monoisotopic (exact) mass is 273 g/mol. The molecule has 0 saturated carbocycles. The second-order valence-corrected chi connectivity index (χ2v) is 6.02. The largest absolute Gasteiger partial charge is 0.472 e. The molecular weight excluding hydrogens is 254 g/mol. The Morgan fingerprint density at radius 1 is 1.55 bits per heavy atom. The van der Waals surface area contributed by atoms with Crippen molar-refractivity contribution in [3.05, 3.63) is 23.9 Å². The third kappa shape index (κ3) is 3.27. The van der Waals surface area contributed by atoms with Crippen LogP contribution in [0.5, 0.6) is 5.88 Å². The maximum atomic E-state index is 12.2. The van der Waals surface area contributed by atoms with E-state index in [0.29, 0.717) is 24.5 Å². The summed E-state index contributed by atoms with van der Waals surface area (Å²) >= 11 is 0. The maximum absolute atomic E-state index is 12.2. The molecule has 0 N–H and O–H groups in total. The molecule has 1 saturated heterocycles. The Hall–Kier alpha value is -2.09. The molecule has 1 aromatic heterocycles. The molecule has 1 amide bonds. The standard InChI is InChI=1S/C15H19N3O2/c1-15(2,3)14(19)18-7-5-12(10-18)20-13-8-11(9-16)4-6-17-13/h4,6,8,12H,5,7,10H2,1-3H3. The summed E-state index contributed by atoms with van der Waals surface area (Å²) in [7, 11) is 0. The second-order valence-electron chi connectivity index (χ2n) is 6.02. The summed E-state index contributed by atoms with van der Waals surface area (Å²) in [5.41, 5.74) is 0.157. The molecular formula is C15H19N3O2. The quantitative estimate of drug-likeness (QED) is 0.826. The van der Waals surface area contributed by atoms with Crippen LogP contribution in [-0.2, 0) is 4.79 Å². The van der Waals surface area contributed by atoms with E-state index in [1.807, 2.05) is 25.7 Å². The minimum atomic E-state index is -0.367. The Morgan fingerprint density at radius 3 is 2.95 bits per heavy atom. The van der Waals surface area contributed by atoms with E-state index in [-0.39, 0.29) is 17.4 Å². The van der Waals surface area contributed by atoms with Crippen LogP contribution in [-0.4, -0.2) is 35.0 Å². The fraction of sp³-hybridized carbons (Fsp3) is 0.533. The van der Waals surface area contributed by atoms with Crippen LogP contribution in [0.15, 0.2) is 18.3 Å². The van der Waals surface area contributed by atoms with Gasteiger partial charge in [-0.05, 0) is 6.07 Å². The van der Waals surface area contributed by atoms with Crippen LogP contribution in [0, 0.1) is 16.7 Å². The highest BCUT2D eigenvalue weighted by Gasteiger charge is 2.33. The van der Waals surface area contributed by atoms with E-state index in [2.05, 4.69) is 11.1 Å². The van der Waals surface area contributed by atoms with Gasteiger partial charge in [0.25, 0.3) is 0 Å². The van der Waals surface area contributed by atoms with E-state index in [1.165, 1.54) is 0 Å². The summed E-state index contributed by atoms with van der Waals surface area (Å²) in [6, 6.07) is 5.31. The zero-order valence-electron chi connectivity index (χ0n) is 12.1. The third-order valence-corrected chi connectivity index (χ3v) is 3.23. The van der Waals surface area contributed by atoms with Crippen LogP contribution < -0.4 is 4.74 Å². The number of carbonyl (C=O) groups is 1. The fourth-order valence-electron chi connectivity index (χ4n) is 2.20. The molecule has 1 aliphatic heterocycles. The topological polar surface area (TPSA) is 66.2 Å². The first-order valence-electron chi connectivity index (χ1n) is 6.72. The molecule has 0 bridgehead atoms. The van der Waals surface area contributed by atoms with Gasteiger partial charge < -0.3 is 9.64 Å². The van der Waals surface area contributed by atoms with E-state index in [1.54, 1.807) is 18.3 Å². The van der Waals surface area contributed by atoms with Gasteiger partial charge in [-0.3, -0.25) is 4.79 Å². The average molecular weight is 273 g/mol. The van der Waals surface area contributed by atoms with Gasteiger partial charge in [0, 0.05) is 30.6 Å². The Morgan fingerprint density at radius 2 is 2.30 bits per heavy atom.